The number of anilines is 1. The fourth-order valence-corrected chi connectivity index (χ4v) is 3.89. The number of methoxy groups -OCH3 is 1. The summed E-state index contributed by atoms with van der Waals surface area (Å²) in [7, 11) is 1.61. The molecule has 0 spiro atoms. The van der Waals surface area contributed by atoms with Crippen molar-refractivity contribution in [1.29, 1.82) is 0 Å². The Balaban J connectivity index is 1.49. The molecule has 1 aliphatic rings. The van der Waals surface area contributed by atoms with Gasteiger partial charge in [-0.05, 0) is 59.9 Å². The number of halogens is 1. The third-order valence-corrected chi connectivity index (χ3v) is 5.83. The number of nitrogens with zero attached hydrogens (tertiary/aromatic N) is 1. The summed E-state index contributed by atoms with van der Waals surface area (Å²) in [5.74, 6) is 3.02. The standard InChI is InChI=1S/C29H31ClN2O3/c1-29(2,3)20-6-5-7-21(9-8-20)32-22-10-12-23(13-11-22)35-26-14-16-31-25-19-28(34-17-15-30)27(33-4)18-24(25)26/h6-14,16,18-19,32H,5,15,17H2,1-4H3. The van der Waals surface area contributed by atoms with E-state index in [4.69, 9.17) is 25.8 Å². The highest BCUT2D eigenvalue weighted by atomic mass is 35.5. The van der Waals surface area contributed by atoms with Gasteiger partial charge >= 0.3 is 0 Å². The third kappa shape index (κ3) is 6.17. The van der Waals surface area contributed by atoms with Gasteiger partial charge in [0, 0.05) is 29.0 Å². The molecule has 1 N–H and O–H groups in total. The second kappa shape index (κ2) is 10.9. The predicted molar refractivity (Wildman–Crippen MR) is 144 cm³/mol. The van der Waals surface area contributed by atoms with E-state index in [0.717, 1.165) is 34.5 Å². The largest absolute Gasteiger partial charge is 0.493 e. The predicted octanol–water partition coefficient (Wildman–Crippen LogP) is 7.88. The van der Waals surface area contributed by atoms with Crippen LogP contribution in [0.5, 0.6) is 23.0 Å². The molecule has 0 aliphatic heterocycles. The summed E-state index contributed by atoms with van der Waals surface area (Å²) >= 11 is 5.76. The first-order chi connectivity index (χ1) is 16.9. The molecule has 0 amide bonds. The van der Waals surface area contributed by atoms with Gasteiger partial charge in [-0.2, -0.15) is 0 Å². The summed E-state index contributed by atoms with van der Waals surface area (Å²) in [4.78, 5) is 4.46. The van der Waals surface area contributed by atoms with Crippen LogP contribution >= 0.6 is 11.6 Å². The van der Waals surface area contributed by atoms with Crippen LogP contribution < -0.4 is 19.5 Å². The first-order valence-electron chi connectivity index (χ1n) is 11.7. The molecule has 5 nitrogen and oxygen atoms in total. The van der Waals surface area contributed by atoms with E-state index < -0.39 is 0 Å². The number of allylic oxidation sites excluding steroid dienone is 5. The average Bonchev–Trinajstić information content (AvgIpc) is 3.09. The van der Waals surface area contributed by atoms with Gasteiger partial charge < -0.3 is 19.5 Å². The van der Waals surface area contributed by atoms with Gasteiger partial charge in [-0.3, -0.25) is 4.98 Å². The van der Waals surface area contributed by atoms with Crippen molar-refractivity contribution in [3.8, 4) is 23.0 Å². The Morgan fingerprint density at radius 3 is 2.49 bits per heavy atom. The van der Waals surface area contributed by atoms with Gasteiger partial charge in [-0.25, -0.2) is 0 Å². The number of pyridine rings is 1. The number of hydrogen-bond donors (Lipinski definition) is 1. The number of nitrogens with one attached hydrogen (secondary N) is 1. The second-order valence-corrected chi connectivity index (χ2v) is 9.63. The molecule has 2 aromatic carbocycles. The number of rotatable bonds is 8. The van der Waals surface area contributed by atoms with Gasteiger partial charge in [0.1, 0.15) is 18.1 Å². The van der Waals surface area contributed by atoms with Crippen LogP contribution in [0, 0.1) is 5.41 Å². The Kier molecular flexibility index (Phi) is 7.67. The molecule has 0 atom stereocenters. The monoisotopic (exact) mass is 490 g/mol. The lowest BCUT2D eigenvalue weighted by atomic mass is 9.86. The highest BCUT2D eigenvalue weighted by Gasteiger charge is 2.15. The first-order valence-corrected chi connectivity index (χ1v) is 12.2. The zero-order chi connectivity index (χ0) is 24.8. The lowest BCUT2D eigenvalue weighted by molar-refractivity contribution is 0.313. The van der Waals surface area contributed by atoms with E-state index in [0.29, 0.717) is 29.7 Å². The average molecular weight is 491 g/mol. The summed E-state index contributed by atoms with van der Waals surface area (Å²) in [6.07, 6.45) is 11.4. The van der Waals surface area contributed by atoms with E-state index in [2.05, 4.69) is 55.4 Å². The highest BCUT2D eigenvalue weighted by molar-refractivity contribution is 6.18. The van der Waals surface area contributed by atoms with Crippen LogP contribution in [0.15, 0.2) is 84.2 Å². The van der Waals surface area contributed by atoms with Crippen molar-refractivity contribution in [2.24, 2.45) is 5.41 Å². The molecule has 0 saturated carbocycles. The molecule has 3 aromatic rings. The molecular weight excluding hydrogens is 460 g/mol. The Labute approximate surface area is 212 Å². The number of alkyl halides is 1. The van der Waals surface area contributed by atoms with Crippen LogP contribution in [-0.4, -0.2) is 24.6 Å². The van der Waals surface area contributed by atoms with E-state index in [1.807, 2.05) is 42.5 Å². The number of fused-ring (bicyclic) bond motifs is 1. The molecule has 6 heteroatoms. The van der Waals surface area contributed by atoms with Gasteiger partial charge in [-0.1, -0.05) is 39.0 Å². The highest BCUT2D eigenvalue weighted by Crippen LogP contribution is 2.37. The molecule has 0 bridgehead atoms. The van der Waals surface area contributed by atoms with E-state index in [1.54, 1.807) is 13.3 Å². The number of ether oxygens (including phenoxy) is 3. The number of aromatic nitrogens is 1. The van der Waals surface area contributed by atoms with Crippen molar-refractivity contribution in [2.75, 3.05) is 24.9 Å². The van der Waals surface area contributed by atoms with E-state index >= 15 is 0 Å². The number of benzene rings is 2. The molecule has 0 unspecified atom stereocenters. The van der Waals surface area contributed by atoms with Gasteiger partial charge in [0.2, 0.25) is 0 Å². The van der Waals surface area contributed by atoms with Crippen molar-refractivity contribution in [1.82, 2.24) is 4.98 Å². The molecule has 182 valence electrons. The van der Waals surface area contributed by atoms with Crippen LogP contribution in [0.2, 0.25) is 0 Å². The maximum absolute atomic E-state index is 6.21. The summed E-state index contributed by atoms with van der Waals surface area (Å²) in [5.41, 5.74) is 4.30. The first kappa shape index (κ1) is 24.7. The molecular formula is C29H31ClN2O3. The molecule has 0 saturated heterocycles. The molecule has 35 heavy (non-hydrogen) atoms. The lowest BCUT2D eigenvalue weighted by Gasteiger charge is -2.19. The van der Waals surface area contributed by atoms with Crippen LogP contribution in [0.25, 0.3) is 10.9 Å². The molecule has 1 aromatic heterocycles. The van der Waals surface area contributed by atoms with Crippen molar-refractivity contribution >= 4 is 28.2 Å². The van der Waals surface area contributed by atoms with Gasteiger partial charge in [0.05, 0.1) is 18.5 Å². The topological polar surface area (TPSA) is 52.6 Å². The molecule has 4 rings (SSSR count). The zero-order valence-electron chi connectivity index (χ0n) is 20.6. The Morgan fingerprint density at radius 1 is 0.971 bits per heavy atom. The minimum absolute atomic E-state index is 0.138. The Hall–Kier alpha value is -3.44. The minimum atomic E-state index is 0.138. The quantitative estimate of drug-likeness (QED) is 0.325. The van der Waals surface area contributed by atoms with Crippen LogP contribution in [0.4, 0.5) is 5.69 Å². The van der Waals surface area contributed by atoms with E-state index in [9.17, 15) is 0 Å². The molecule has 0 fully saturated rings. The van der Waals surface area contributed by atoms with Crippen LogP contribution in [-0.2, 0) is 0 Å². The normalized spacial score (nSPS) is 13.6. The molecule has 1 aliphatic carbocycles. The molecule has 0 radical (unpaired) electrons. The van der Waals surface area contributed by atoms with Gasteiger partial charge in [0.15, 0.2) is 11.5 Å². The van der Waals surface area contributed by atoms with Crippen LogP contribution in [0.3, 0.4) is 0 Å². The fraction of sp³-hybridized carbons (Fsp3) is 0.276. The van der Waals surface area contributed by atoms with Gasteiger partial charge in [0.25, 0.3) is 0 Å². The number of hydrogen-bond acceptors (Lipinski definition) is 5. The third-order valence-electron chi connectivity index (χ3n) is 5.68. The van der Waals surface area contributed by atoms with Crippen molar-refractivity contribution in [2.45, 2.75) is 27.2 Å². The second-order valence-electron chi connectivity index (χ2n) is 9.26. The SMILES string of the molecule is COc1cc2c(Oc3ccc(NC4=CCC=C(C(C)(C)C)C=C4)cc3)ccnc2cc1OCCCl. The van der Waals surface area contributed by atoms with Crippen molar-refractivity contribution in [3.05, 3.63) is 84.2 Å². The van der Waals surface area contributed by atoms with E-state index in [-0.39, 0.29) is 5.41 Å². The lowest BCUT2D eigenvalue weighted by Crippen LogP contribution is -2.07. The fourth-order valence-electron chi connectivity index (χ4n) is 3.82. The van der Waals surface area contributed by atoms with Crippen LogP contribution in [0.1, 0.15) is 27.2 Å². The molecule has 1 heterocycles. The maximum atomic E-state index is 6.21. The Morgan fingerprint density at radius 2 is 1.77 bits per heavy atom. The van der Waals surface area contributed by atoms with E-state index in [1.165, 1.54) is 5.57 Å². The Bertz CT molecular complexity index is 1270. The van der Waals surface area contributed by atoms with Crippen molar-refractivity contribution < 1.29 is 14.2 Å². The summed E-state index contributed by atoms with van der Waals surface area (Å²) < 4.78 is 17.4. The van der Waals surface area contributed by atoms with Crippen molar-refractivity contribution in [3.63, 3.8) is 0 Å². The summed E-state index contributed by atoms with van der Waals surface area (Å²) in [5, 5.41) is 4.32. The maximum Gasteiger partial charge on any atom is 0.163 e. The summed E-state index contributed by atoms with van der Waals surface area (Å²) in [6, 6.07) is 13.5. The smallest absolute Gasteiger partial charge is 0.163 e. The zero-order valence-corrected chi connectivity index (χ0v) is 21.4. The van der Waals surface area contributed by atoms with Gasteiger partial charge in [-0.15, -0.1) is 11.6 Å². The minimum Gasteiger partial charge on any atom is -0.493 e. The summed E-state index contributed by atoms with van der Waals surface area (Å²) in [6.45, 7) is 7.09.